The molecule has 4 rings (SSSR count). The maximum Gasteiger partial charge on any atom is 0.408 e. The summed E-state index contributed by atoms with van der Waals surface area (Å²) >= 11 is 12.5. The van der Waals surface area contributed by atoms with Gasteiger partial charge in [-0.05, 0) is 62.2 Å². The molecule has 0 bridgehead atoms. The molecule has 1 N–H and O–H groups in total. The maximum absolute atomic E-state index is 14.4. The van der Waals surface area contributed by atoms with Crippen LogP contribution in [0.3, 0.4) is 0 Å². The van der Waals surface area contributed by atoms with Crippen molar-refractivity contribution in [3.05, 3.63) is 91.3 Å². The minimum absolute atomic E-state index is 0.138. The normalized spacial score (nSPS) is 14.4. The van der Waals surface area contributed by atoms with Crippen LogP contribution in [0.25, 0.3) is 0 Å². The number of nitrogens with one attached hydrogen (secondary N) is 1. The Labute approximate surface area is 268 Å². The minimum atomic E-state index is -0.963. The van der Waals surface area contributed by atoms with Gasteiger partial charge in [0.05, 0.1) is 11.4 Å². The number of hydrogen-bond donors (Lipinski definition) is 1. The zero-order chi connectivity index (χ0) is 32.4. The van der Waals surface area contributed by atoms with E-state index >= 15 is 0 Å². The van der Waals surface area contributed by atoms with Gasteiger partial charge in [0.1, 0.15) is 24.0 Å². The average molecular weight is 639 g/mol. The van der Waals surface area contributed by atoms with Gasteiger partial charge in [-0.2, -0.15) is 0 Å². The molecule has 1 aliphatic rings. The smallest absolute Gasteiger partial charge is 0.408 e. The Hall–Kier alpha value is -3.93. The molecule has 0 fully saturated rings. The highest BCUT2D eigenvalue weighted by atomic mass is 35.5. The Morgan fingerprint density at radius 3 is 2.39 bits per heavy atom. The molecule has 0 spiro atoms. The van der Waals surface area contributed by atoms with Gasteiger partial charge in [0.25, 0.3) is 5.56 Å². The van der Waals surface area contributed by atoms with Gasteiger partial charge >= 0.3 is 6.09 Å². The Morgan fingerprint density at radius 1 is 1.09 bits per heavy atom. The van der Waals surface area contributed by atoms with Gasteiger partial charge in [0.15, 0.2) is 0 Å². The number of alkyl carbamates (subject to hydrolysis) is 1. The number of aromatic nitrogens is 1. The van der Waals surface area contributed by atoms with Crippen molar-refractivity contribution in [3.63, 3.8) is 0 Å². The average Bonchev–Trinajstić information content (AvgIpc) is 3.20. The highest BCUT2D eigenvalue weighted by Gasteiger charge is 2.43. The molecule has 2 aromatic carbocycles. The predicted octanol–water partition coefficient (Wildman–Crippen LogP) is 6.06. The molecular weight excluding hydrogens is 601 g/mol. The summed E-state index contributed by atoms with van der Waals surface area (Å²) in [7, 11) is 1.71. The largest absolute Gasteiger partial charge is 0.481 e. The number of rotatable bonds is 8. The SMILES string of the molecule is C#CCOc1ccc(C[C@H](NC(=O)OC(C)(C)C)C(=O)N2CC(C)(C)c3c2cc(Cc2ccc(Cl)cc2Cl)c(=O)n3C)cc1. The number of nitrogens with zero attached hydrogens (tertiary/aromatic N) is 2. The first-order valence-electron chi connectivity index (χ1n) is 14.2. The molecule has 44 heavy (non-hydrogen) atoms. The lowest BCUT2D eigenvalue weighted by Crippen LogP contribution is -2.51. The number of benzene rings is 2. The van der Waals surface area contributed by atoms with Crippen LogP contribution < -0.4 is 20.5 Å². The summed E-state index contributed by atoms with van der Waals surface area (Å²) < 4.78 is 12.6. The van der Waals surface area contributed by atoms with Crippen LogP contribution in [0.1, 0.15) is 57.0 Å². The van der Waals surface area contributed by atoms with E-state index in [1.54, 1.807) is 73.7 Å². The molecule has 10 heteroatoms. The number of terminal acetylenes is 1. The fourth-order valence-corrected chi connectivity index (χ4v) is 5.93. The number of carbonyl (C=O) groups is 2. The first-order valence-corrected chi connectivity index (χ1v) is 15.0. The molecule has 0 aliphatic carbocycles. The number of ether oxygens (including phenoxy) is 2. The molecule has 0 saturated heterocycles. The summed E-state index contributed by atoms with van der Waals surface area (Å²) in [6.07, 6.45) is 5.03. The molecule has 232 valence electrons. The van der Waals surface area contributed by atoms with E-state index in [1.807, 2.05) is 26.0 Å². The Morgan fingerprint density at radius 2 is 1.77 bits per heavy atom. The van der Waals surface area contributed by atoms with Crippen molar-refractivity contribution in [1.82, 2.24) is 9.88 Å². The zero-order valence-electron chi connectivity index (χ0n) is 25.8. The van der Waals surface area contributed by atoms with Crippen LogP contribution in [0.5, 0.6) is 5.75 Å². The highest BCUT2D eigenvalue weighted by molar-refractivity contribution is 6.35. The Kier molecular flexibility index (Phi) is 9.72. The van der Waals surface area contributed by atoms with Crippen LogP contribution >= 0.6 is 23.2 Å². The number of amides is 2. The molecule has 0 saturated carbocycles. The topological polar surface area (TPSA) is 89.9 Å². The van der Waals surface area contributed by atoms with Gasteiger partial charge in [-0.1, -0.05) is 61.2 Å². The molecule has 3 aromatic rings. The standard InChI is InChI=1S/C34H37Cl2N3O5/c1-8-15-43-25-13-9-21(10-14-25)16-27(37-32(42)44-33(2,3)4)31(41)39-20-34(5,6)29-28(39)18-23(30(40)38(29)7)17-22-11-12-24(35)19-26(22)36/h1,9-14,18-19,27H,15-17,20H2,2-7H3,(H,37,42)/t27-/m0/s1. The maximum atomic E-state index is 14.4. The molecule has 2 amide bonds. The molecular formula is C34H37Cl2N3O5. The van der Waals surface area contributed by atoms with Crippen molar-refractivity contribution in [3.8, 4) is 18.1 Å². The van der Waals surface area contributed by atoms with Crippen LogP contribution in [0.2, 0.25) is 10.0 Å². The van der Waals surface area contributed by atoms with Crippen LogP contribution in [-0.2, 0) is 34.8 Å². The second kappa shape index (κ2) is 13.0. The van der Waals surface area contributed by atoms with Gasteiger partial charge < -0.3 is 24.3 Å². The van der Waals surface area contributed by atoms with Gasteiger partial charge in [-0.3, -0.25) is 9.59 Å². The summed E-state index contributed by atoms with van der Waals surface area (Å²) in [5, 5.41) is 3.74. The molecule has 1 atom stereocenters. The van der Waals surface area contributed by atoms with Gasteiger partial charge in [-0.25, -0.2) is 4.79 Å². The first-order chi connectivity index (χ1) is 20.6. The van der Waals surface area contributed by atoms with Gasteiger partial charge in [0.2, 0.25) is 5.91 Å². The third-order valence-corrected chi connectivity index (χ3v) is 7.88. The van der Waals surface area contributed by atoms with Crippen molar-refractivity contribution in [2.75, 3.05) is 18.1 Å². The zero-order valence-corrected chi connectivity index (χ0v) is 27.3. The number of carbonyl (C=O) groups excluding carboxylic acids is 2. The summed E-state index contributed by atoms with van der Waals surface area (Å²) in [5.74, 6) is 2.69. The van der Waals surface area contributed by atoms with Crippen LogP contribution in [0, 0.1) is 12.3 Å². The number of pyridine rings is 1. The summed E-state index contributed by atoms with van der Waals surface area (Å²) in [6.45, 7) is 9.69. The van der Waals surface area contributed by atoms with Crippen molar-refractivity contribution in [2.24, 2.45) is 7.05 Å². The van der Waals surface area contributed by atoms with E-state index in [1.165, 1.54) is 0 Å². The lowest BCUT2D eigenvalue weighted by Gasteiger charge is -2.27. The summed E-state index contributed by atoms with van der Waals surface area (Å²) in [5.41, 5.74) is 1.88. The lowest BCUT2D eigenvalue weighted by atomic mass is 9.90. The fraction of sp³-hybridized carbons (Fsp3) is 0.382. The molecule has 2 heterocycles. The molecule has 8 nitrogen and oxygen atoms in total. The molecule has 1 aromatic heterocycles. The second-order valence-corrected chi connectivity index (χ2v) is 13.4. The van der Waals surface area contributed by atoms with E-state index in [2.05, 4.69) is 11.2 Å². The van der Waals surface area contributed by atoms with Gasteiger partial charge in [0, 0.05) is 47.5 Å². The van der Waals surface area contributed by atoms with Gasteiger partial charge in [-0.15, -0.1) is 6.42 Å². The monoisotopic (exact) mass is 637 g/mol. The third-order valence-electron chi connectivity index (χ3n) is 7.29. The van der Waals surface area contributed by atoms with E-state index in [9.17, 15) is 14.4 Å². The number of anilines is 1. The van der Waals surface area contributed by atoms with E-state index < -0.39 is 23.2 Å². The van der Waals surface area contributed by atoms with Crippen molar-refractivity contribution in [1.29, 1.82) is 0 Å². The summed E-state index contributed by atoms with van der Waals surface area (Å²) in [6, 6.07) is 13.1. The number of hydrogen-bond acceptors (Lipinski definition) is 5. The Bertz CT molecular complexity index is 1670. The van der Waals surface area contributed by atoms with E-state index in [4.69, 9.17) is 39.1 Å². The second-order valence-electron chi connectivity index (χ2n) is 12.5. The summed E-state index contributed by atoms with van der Waals surface area (Å²) in [4.78, 5) is 42.4. The molecule has 1 aliphatic heterocycles. The number of halogens is 2. The minimum Gasteiger partial charge on any atom is -0.481 e. The number of fused-ring (bicyclic) bond motifs is 1. The fourth-order valence-electron chi connectivity index (χ4n) is 5.46. The Balaban J connectivity index is 1.71. The third kappa shape index (κ3) is 7.58. The van der Waals surface area contributed by atoms with E-state index in [0.717, 1.165) is 16.8 Å². The quantitative estimate of drug-likeness (QED) is 0.304. The molecule has 0 unspecified atom stereocenters. The predicted molar refractivity (Wildman–Crippen MR) is 174 cm³/mol. The van der Waals surface area contributed by atoms with E-state index in [0.29, 0.717) is 33.6 Å². The van der Waals surface area contributed by atoms with E-state index in [-0.39, 0.29) is 30.9 Å². The first kappa shape index (κ1) is 33.0. The highest BCUT2D eigenvalue weighted by Crippen LogP contribution is 2.40. The van der Waals surface area contributed by atoms with Crippen molar-refractivity contribution >= 4 is 40.9 Å². The van der Waals surface area contributed by atoms with Crippen molar-refractivity contribution in [2.45, 2.75) is 64.5 Å². The van der Waals surface area contributed by atoms with Crippen molar-refractivity contribution < 1.29 is 19.1 Å². The van der Waals surface area contributed by atoms with Crippen LogP contribution in [-0.4, -0.2) is 41.4 Å². The van der Waals surface area contributed by atoms with Crippen LogP contribution in [0.4, 0.5) is 10.5 Å². The van der Waals surface area contributed by atoms with Crippen LogP contribution in [0.15, 0.2) is 53.3 Å². The molecule has 0 radical (unpaired) electrons. The lowest BCUT2D eigenvalue weighted by molar-refractivity contribution is -0.120.